The van der Waals surface area contributed by atoms with Crippen LogP contribution in [-0.4, -0.2) is 26.6 Å². The molecule has 108 valence electrons. The summed E-state index contributed by atoms with van der Waals surface area (Å²) in [6.07, 6.45) is 1.77. The van der Waals surface area contributed by atoms with Gasteiger partial charge in [0.05, 0.1) is 24.7 Å². The first-order valence-corrected chi connectivity index (χ1v) is 7.08. The van der Waals surface area contributed by atoms with E-state index in [-0.39, 0.29) is 5.38 Å². The second-order valence-electron chi connectivity index (χ2n) is 4.69. The highest BCUT2D eigenvalue weighted by Gasteiger charge is 2.17. The molecule has 0 aliphatic rings. The zero-order valence-corrected chi connectivity index (χ0v) is 12.6. The van der Waals surface area contributed by atoms with E-state index in [1.165, 1.54) is 0 Å². The molecule has 0 bridgehead atoms. The lowest BCUT2D eigenvalue weighted by atomic mass is 10.3. The predicted octanol–water partition coefficient (Wildman–Crippen LogP) is 3.18. The van der Waals surface area contributed by atoms with E-state index in [0.717, 1.165) is 22.7 Å². The molecule has 0 spiro atoms. The average Bonchev–Trinajstić information content (AvgIpc) is 2.86. The van der Waals surface area contributed by atoms with Crippen LogP contribution in [0.25, 0.3) is 11.2 Å². The maximum Gasteiger partial charge on any atom is 0.215 e. The number of imidazole rings is 1. The summed E-state index contributed by atoms with van der Waals surface area (Å²) in [5.74, 6) is 1.33. The third kappa shape index (κ3) is 2.69. The van der Waals surface area contributed by atoms with Crippen molar-refractivity contribution >= 4 is 22.8 Å². The minimum absolute atomic E-state index is 0.214. The third-order valence-corrected chi connectivity index (χ3v) is 3.40. The number of pyridine rings is 2. The van der Waals surface area contributed by atoms with Crippen molar-refractivity contribution in [2.45, 2.75) is 18.8 Å². The van der Waals surface area contributed by atoms with Gasteiger partial charge in [0.15, 0.2) is 5.65 Å². The van der Waals surface area contributed by atoms with Crippen LogP contribution in [0.1, 0.15) is 23.8 Å². The minimum atomic E-state index is -0.214. The maximum absolute atomic E-state index is 6.26. The molecule has 0 saturated carbocycles. The first-order valence-electron chi connectivity index (χ1n) is 6.64. The number of ether oxygens (including phenoxy) is 1. The van der Waals surface area contributed by atoms with Gasteiger partial charge in [-0.1, -0.05) is 6.07 Å². The van der Waals surface area contributed by atoms with E-state index < -0.39 is 0 Å². The molecular formula is C15H15ClN4O. The summed E-state index contributed by atoms with van der Waals surface area (Å²) < 4.78 is 7.18. The number of aromatic nitrogens is 4. The highest BCUT2D eigenvalue weighted by Crippen LogP contribution is 2.25. The number of methoxy groups -OCH3 is 1. The number of hydrogen-bond donors (Lipinski definition) is 0. The average molecular weight is 303 g/mol. The molecule has 5 nitrogen and oxygen atoms in total. The van der Waals surface area contributed by atoms with Gasteiger partial charge in [-0.3, -0.25) is 4.98 Å². The Hall–Kier alpha value is -2.14. The van der Waals surface area contributed by atoms with Gasteiger partial charge in [-0.05, 0) is 25.1 Å². The Morgan fingerprint density at radius 2 is 2.10 bits per heavy atom. The van der Waals surface area contributed by atoms with Crippen molar-refractivity contribution in [3.63, 3.8) is 0 Å². The van der Waals surface area contributed by atoms with Gasteiger partial charge in [-0.25, -0.2) is 4.98 Å². The lowest BCUT2D eigenvalue weighted by Gasteiger charge is -2.09. The van der Waals surface area contributed by atoms with Gasteiger partial charge in [0.25, 0.3) is 0 Å². The van der Waals surface area contributed by atoms with E-state index in [0.29, 0.717) is 12.4 Å². The van der Waals surface area contributed by atoms with Crippen LogP contribution in [0.4, 0.5) is 0 Å². The summed E-state index contributed by atoms with van der Waals surface area (Å²) in [6.45, 7) is 2.47. The summed E-state index contributed by atoms with van der Waals surface area (Å²) in [6, 6.07) is 9.50. The number of hydrogen-bond acceptors (Lipinski definition) is 4. The second-order valence-corrected chi connectivity index (χ2v) is 5.34. The molecule has 0 aromatic carbocycles. The summed E-state index contributed by atoms with van der Waals surface area (Å²) in [4.78, 5) is 13.4. The van der Waals surface area contributed by atoms with Crippen molar-refractivity contribution < 1.29 is 4.74 Å². The molecule has 0 fully saturated rings. The third-order valence-electron chi connectivity index (χ3n) is 3.21. The zero-order valence-electron chi connectivity index (χ0n) is 11.8. The van der Waals surface area contributed by atoms with Crippen molar-refractivity contribution in [1.82, 2.24) is 19.5 Å². The van der Waals surface area contributed by atoms with Crippen LogP contribution in [0.15, 0.2) is 36.5 Å². The number of alkyl halides is 1. The molecule has 0 radical (unpaired) electrons. The van der Waals surface area contributed by atoms with Crippen LogP contribution in [0.2, 0.25) is 0 Å². The second kappa shape index (κ2) is 5.69. The highest BCUT2D eigenvalue weighted by atomic mass is 35.5. The van der Waals surface area contributed by atoms with Gasteiger partial charge >= 0.3 is 0 Å². The SMILES string of the molecule is COc1ccc2nc(C(C)Cl)n(Cc3ccccn3)c2n1. The Labute approximate surface area is 127 Å². The summed E-state index contributed by atoms with van der Waals surface area (Å²) in [5.41, 5.74) is 2.48. The van der Waals surface area contributed by atoms with E-state index in [1.807, 2.05) is 35.8 Å². The molecule has 3 rings (SSSR count). The lowest BCUT2D eigenvalue weighted by molar-refractivity contribution is 0.399. The Balaban J connectivity index is 2.14. The molecule has 0 amide bonds. The Morgan fingerprint density at radius 3 is 2.76 bits per heavy atom. The van der Waals surface area contributed by atoms with Crippen molar-refractivity contribution in [3.8, 4) is 5.88 Å². The normalized spacial score (nSPS) is 12.5. The van der Waals surface area contributed by atoms with Gasteiger partial charge in [0, 0.05) is 12.3 Å². The van der Waals surface area contributed by atoms with Crippen LogP contribution in [-0.2, 0) is 6.54 Å². The molecule has 3 heterocycles. The molecule has 6 heteroatoms. The number of fused-ring (bicyclic) bond motifs is 1. The van der Waals surface area contributed by atoms with Crippen LogP contribution in [0, 0.1) is 0 Å². The number of nitrogens with zero attached hydrogens (tertiary/aromatic N) is 4. The molecule has 21 heavy (non-hydrogen) atoms. The molecule has 1 atom stereocenters. The van der Waals surface area contributed by atoms with Crippen molar-refractivity contribution in [2.75, 3.05) is 7.11 Å². The molecule has 0 aliphatic heterocycles. The van der Waals surface area contributed by atoms with Crippen LogP contribution in [0.3, 0.4) is 0 Å². The molecule has 1 unspecified atom stereocenters. The van der Waals surface area contributed by atoms with E-state index in [1.54, 1.807) is 19.4 Å². The van der Waals surface area contributed by atoms with E-state index in [9.17, 15) is 0 Å². The topological polar surface area (TPSA) is 52.8 Å². The number of halogens is 1. The maximum atomic E-state index is 6.26. The quantitative estimate of drug-likeness (QED) is 0.695. The fourth-order valence-electron chi connectivity index (χ4n) is 2.23. The van der Waals surface area contributed by atoms with Crippen LogP contribution >= 0.6 is 11.6 Å². The standard InChI is InChI=1S/C15H15ClN4O/c1-10(16)14-18-12-6-7-13(21-2)19-15(12)20(14)9-11-5-3-4-8-17-11/h3-8,10H,9H2,1-2H3. The minimum Gasteiger partial charge on any atom is -0.481 e. The van der Waals surface area contributed by atoms with Gasteiger partial charge in [-0.15, -0.1) is 11.6 Å². The largest absolute Gasteiger partial charge is 0.481 e. The summed E-state index contributed by atoms with van der Waals surface area (Å²) in [5, 5.41) is -0.214. The van der Waals surface area contributed by atoms with Crippen molar-refractivity contribution in [1.29, 1.82) is 0 Å². The molecular weight excluding hydrogens is 288 g/mol. The van der Waals surface area contributed by atoms with E-state index in [4.69, 9.17) is 16.3 Å². The van der Waals surface area contributed by atoms with E-state index in [2.05, 4.69) is 15.0 Å². The first kappa shape index (κ1) is 13.8. The lowest BCUT2D eigenvalue weighted by Crippen LogP contribution is -2.07. The predicted molar refractivity (Wildman–Crippen MR) is 81.7 cm³/mol. The van der Waals surface area contributed by atoms with Crippen LogP contribution in [0.5, 0.6) is 5.88 Å². The molecule has 0 saturated heterocycles. The summed E-state index contributed by atoms with van der Waals surface area (Å²) in [7, 11) is 1.60. The Morgan fingerprint density at radius 1 is 1.24 bits per heavy atom. The van der Waals surface area contributed by atoms with Crippen molar-refractivity contribution in [3.05, 3.63) is 48.0 Å². The van der Waals surface area contributed by atoms with Gasteiger partial charge in [0.2, 0.25) is 5.88 Å². The van der Waals surface area contributed by atoms with Crippen LogP contribution < -0.4 is 4.74 Å². The smallest absolute Gasteiger partial charge is 0.215 e. The summed E-state index contributed by atoms with van der Waals surface area (Å²) >= 11 is 6.26. The molecule has 3 aromatic heterocycles. The molecule has 0 aliphatic carbocycles. The fraction of sp³-hybridized carbons (Fsp3) is 0.267. The Bertz CT molecular complexity index is 755. The van der Waals surface area contributed by atoms with Gasteiger partial charge < -0.3 is 9.30 Å². The van der Waals surface area contributed by atoms with Crippen molar-refractivity contribution in [2.24, 2.45) is 0 Å². The zero-order chi connectivity index (χ0) is 14.8. The molecule has 3 aromatic rings. The van der Waals surface area contributed by atoms with E-state index >= 15 is 0 Å². The first-order chi connectivity index (χ1) is 10.2. The molecule has 0 N–H and O–H groups in total. The monoisotopic (exact) mass is 302 g/mol. The van der Waals surface area contributed by atoms with Gasteiger partial charge in [0.1, 0.15) is 11.3 Å². The highest BCUT2D eigenvalue weighted by molar-refractivity contribution is 6.20. The number of rotatable bonds is 4. The Kier molecular flexibility index (Phi) is 3.75. The van der Waals surface area contributed by atoms with Gasteiger partial charge in [-0.2, -0.15) is 4.98 Å². The fourth-order valence-corrected chi connectivity index (χ4v) is 2.40.